The molecule has 2 aromatic rings. The van der Waals surface area contributed by atoms with Crippen molar-refractivity contribution in [2.24, 2.45) is 5.92 Å². The van der Waals surface area contributed by atoms with Gasteiger partial charge in [0.05, 0.1) is 7.11 Å². The average Bonchev–Trinajstić information content (AvgIpc) is 2.60. The molecule has 0 radical (unpaired) electrons. The number of nitriles is 1. The van der Waals surface area contributed by atoms with Gasteiger partial charge in [-0.15, -0.1) is 0 Å². The molecule has 1 heterocycles. The summed E-state index contributed by atoms with van der Waals surface area (Å²) in [4.78, 5) is 4.51. The number of nitrogens with two attached hydrogens (primary N) is 1. The van der Waals surface area contributed by atoms with Crippen molar-refractivity contribution in [3.05, 3.63) is 41.1 Å². The fraction of sp³-hybridized carbons (Fsp3) is 0.368. The summed E-state index contributed by atoms with van der Waals surface area (Å²) >= 11 is 0. The van der Waals surface area contributed by atoms with Crippen molar-refractivity contribution in [1.29, 1.82) is 5.26 Å². The first-order valence-electron chi connectivity index (χ1n) is 8.03. The molecule has 0 saturated carbocycles. The van der Waals surface area contributed by atoms with E-state index in [1.54, 1.807) is 7.11 Å². The Morgan fingerprint density at radius 1 is 1.43 bits per heavy atom. The molecule has 4 heteroatoms. The van der Waals surface area contributed by atoms with Crippen molar-refractivity contribution in [3.8, 4) is 22.9 Å². The number of pyridine rings is 1. The van der Waals surface area contributed by atoms with Gasteiger partial charge >= 0.3 is 0 Å². The first kappa shape index (κ1) is 15.4. The number of methoxy groups -OCH3 is 1. The molecule has 4 nitrogen and oxygen atoms in total. The van der Waals surface area contributed by atoms with Gasteiger partial charge in [-0.3, -0.25) is 0 Å². The number of hydrogen-bond donors (Lipinski definition) is 1. The van der Waals surface area contributed by atoms with Crippen LogP contribution in [0.5, 0.6) is 5.75 Å². The van der Waals surface area contributed by atoms with Crippen LogP contribution < -0.4 is 10.5 Å². The standard InChI is InChI=1S/C19H21N3O/c1-3-12-7-8-17-15(9-12)18(16(11-20)19(21)22-17)13-5-4-6-14(10-13)23-2/h4-6,10,12H,3,7-9H2,1-2H3,(H2,21,22). The van der Waals surface area contributed by atoms with Gasteiger partial charge in [0.15, 0.2) is 0 Å². The highest BCUT2D eigenvalue weighted by atomic mass is 16.5. The number of aromatic nitrogens is 1. The Morgan fingerprint density at radius 3 is 2.96 bits per heavy atom. The predicted octanol–water partition coefficient (Wildman–Crippen LogP) is 3.73. The zero-order valence-corrected chi connectivity index (χ0v) is 13.6. The van der Waals surface area contributed by atoms with Crippen molar-refractivity contribution < 1.29 is 4.74 Å². The number of hydrogen-bond acceptors (Lipinski definition) is 4. The van der Waals surface area contributed by atoms with E-state index in [0.29, 0.717) is 17.3 Å². The first-order valence-corrected chi connectivity index (χ1v) is 8.03. The van der Waals surface area contributed by atoms with E-state index in [1.807, 2.05) is 24.3 Å². The van der Waals surface area contributed by atoms with Crippen LogP contribution in [0.15, 0.2) is 24.3 Å². The maximum absolute atomic E-state index is 9.61. The lowest BCUT2D eigenvalue weighted by atomic mass is 9.80. The Kier molecular flexibility index (Phi) is 4.20. The van der Waals surface area contributed by atoms with Gasteiger partial charge in [-0.25, -0.2) is 4.98 Å². The van der Waals surface area contributed by atoms with Crippen molar-refractivity contribution in [1.82, 2.24) is 4.98 Å². The fourth-order valence-corrected chi connectivity index (χ4v) is 3.41. The topological polar surface area (TPSA) is 71.9 Å². The molecule has 23 heavy (non-hydrogen) atoms. The summed E-state index contributed by atoms with van der Waals surface area (Å²) in [6.45, 7) is 2.22. The van der Waals surface area contributed by atoms with E-state index in [9.17, 15) is 5.26 Å². The molecule has 118 valence electrons. The molecule has 1 aliphatic rings. The lowest BCUT2D eigenvalue weighted by molar-refractivity contribution is 0.415. The summed E-state index contributed by atoms with van der Waals surface area (Å²) in [5.41, 5.74) is 10.7. The molecule has 3 rings (SSSR count). The van der Waals surface area contributed by atoms with Gasteiger partial charge in [0.1, 0.15) is 23.2 Å². The molecular weight excluding hydrogens is 286 g/mol. The maximum Gasteiger partial charge on any atom is 0.142 e. The summed E-state index contributed by atoms with van der Waals surface area (Å²) in [7, 11) is 1.65. The van der Waals surface area contributed by atoms with E-state index in [4.69, 9.17) is 10.5 Å². The average molecular weight is 307 g/mol. The van der Waals surface area contributed by atoms with Crippen LogP contribution in [0.1, 0.15) is 36.6 Å². The Hall–Kier alpha value is -2.54. The van der Waals surface area contributed by atoms with Crippen LogP contribution in [0.4, 0.5) is 5.82 Å². The van der Waals surface area contributed by atoms with Crippen molar-refractivity contribution in [2.45, 2.75) is 32.6 Å². The van der Waals surface area contributed by atoms with E-state index in [1.165, 1.54) is 5.56 Å². The number of aryl methyl sites for hydroxylation is 1. The van der Waals surface area contributed by atoms with E-state index < -0.39 is 0 Å². The molecule has 1 atom stereocenters. The molecule has 1 aromatic heterocycles. The summed E-state index contributed by atoms with van der Waals surface area (Å²) in [5.74, 6) is 1.75. The molecule has 0 spiro atoms. The quantitative estimate of drug-likeness (QED) is 0.938. The third kappa shape index (κ3) is 2.75. The normalized spacial score (nSPS) is 16.5. The van der Waals surface area contributed by atoms with Crippen LogP contribution in [0.25, 0.3) is 11.1 Å². The van der Waals surface area contributed by atoms with Crippen molar-refractivity contribution in [3.63, 3.8) is 0 Å². The third-order valence-electron chi connectivity index (χ3n) is 4.74. The maximum atomic E-state index is 9.61. The van der Waals surface area contributed by atoms with Crippen LogP contribution in [0, 0.1) is 17.2 Å². The molecule has 0 bridgehead atoms. The van der Waals surface area contributed by atoms with Crippen molar-refractivity contribution in [2.75, 3.05) is 12.8 Å². The Balaban J connectivity index is 2.25. The van der Waals surface area contributed by atoms with Gasteiger partial charge < -0.3 is 10.5 Å². The number of nitrogen functional groups attached to an aromatic ring is 1. The lowest BCUT2D eigenvalue weighted by Crippen LogP contribution is -2.18. The second-order valence-corrected chi connectivity index (χ2v) is 6.03. The summed E-state index contributed by atoms with van der Waals surface area (Å²) in [6, 6.07) is 10.1. The molecule has 0 aliphatic heterocycles. The minimum absolute atomic E-state index is 0.332. The highest BCUT2D eigenvalue weighted by Crippen LogP contribution is 2.38. The molecule has 0 saturated heterocycles. The molecule has 1 aromatic carbocycles. The second-order valence-electron chi connectivity index (χ2n) is 6.03. The van der Waals surface area contributed by atoms with Crippen molar-refractivity contribution >= 4 is 5.82 Å². The fourth-order valence-electron chi connectivity index (χ4n) is 3.41. The largest absolute Gasteiger partial charge is 0.497 e. The van der Waals surface area contributed by atoms with Gasteiger partial charge in [-0.2, -0.15) is 5.26 Å². The summed E-state index contributed by atoms with van der Waals surface area (Å²) < 4.78 is 5.34. The van der Waals surface area contributed by atoms with E-state index >= 15 is 0 Å². The smallest absolute Gasteiger partial charge is 0.142 e. The summed E-state index contributed by atoms with van der Waals surface area (Å²) in [5, 5.41) is 9.61. The van der Waals surface area contributed by atoms with Gasteiger partial charge in [0.2, 0.25) is 0 Å². The summed E-state index contributed by atoms with van der Waals surface area (Å²) in [6.07, 6.45) is 4.17. The molecule has 1 unspecified atom stereocenters. The highest BCUT2D eigenvalue weighted by Gasteiger charge is 2.25. The van der Waals surface area contributed by atoms with Crippen LogP contribution in [0.3, 0.4) is 0 Å². The monoisotopic (exact) mass is 307 g/mol. The zero-order valence-electron chi connectivity index (χ0n) is 13.6. The van der Waals surface area contributed by atoms with E-state index in [0.717, 1.165) is 48.3 Å². The van der Waals surface area contributed by atoms with Crippen LogP contribution in [-0.4, -0.2) is 12.1 Å². The molecule has 0 fully saturated rings. The zero-order chi connectivity index (χ0) is 16.4. The number of nitrogens with zero attached hydrogens (tertiary/aromatic N) is 2. The molecule has 0 amide bonds. The number of ether oxygens (including phenoxy) is 1. The number of rotatable bonds is 3. The van der Waals surface area contributed by atoms with Gasteiger partial charge in [-0.05, 0) is 48.4 Å². The lowest BCUT2D eigenvalue weighted by Gasteiger charge is -2.26. The Labute approximate surface area is 136 Å². The van der Waals surface area contributed by atoms with Gasteiger partial charge in [-0.1, -0.05) is 25.5 Å². The molecule has 2 N–H and O–H groups in total. The highest BCUT2D eigenvalue weighted by molar-refractivity contribution is 5.80. The second kappa shape index (κ2) is 6.29. The number of anilines is 1. The molecular formula is C19H21N3O. The number of fused-ring (bicyclic) bond motifs is 1. The minimum Gasteiger partial charge on any atom is -0.497 e. The first-order chi connectivity index (χ1) is 11.2. The van der Waals surface area contributed by atoms with E-state index in [2.05, 4.69) is 18.0 Å². The van der Waals surface area contributed by atoms with Crippen LogP contribution >= 0.6 is 0 Å². The Morgan fingerprint density at radius 2 is 2.26 bits per heavy atom. The van der Waals surface area contributed by atoms with Crippen LogP contribution in [0.2, 0.25) is 0 Å². The van der Waals surface area contributed by atoms with E-state index in [-0.39, 0.29) is 0 Å². The predicted molar refractivity (Wildman–Crippen MR) is 91.2 cm³/mol. The molecule has 1 aliphatic carbocycles. The minimum atomic E-state index is 0.332. The van der Waals surface area contributed by atoms with Gasteiger partial charge in [0, 0.05) is 11.3 Å². The SMILES string of the molecule is CCC1CCc2nc(N)c(C#N)c(-c3cccc(OC)c3)c2C1. The third-order valence-corrected chi connectivity index (χ3v) is 4.74. The van der Waals surface area contributed by atoms with Gasteiger partial charge in [0.25, 0.3) is 0 Å². The Bertz CT molecular complexity index is 777. The van der Waals surface area contributed by atoms with Crippen LogP contribution in [-0.2, 0) is 12.8 Å². The number of benzene rings is 1.